The van der Waals surface area contributed by atoms with Gasteiger partial charge in [0.25, 0.3) is 5.91 Å². The average molecular weight is 415 g/mol. The van der Waals surface area contributed by atoms with Gasteiger partial charge < -0.3 is 14.6 Å². The number of hydrogen-bond donors (Lipinski definition) is 1. The molecule has 5 nitrogen and oxygen atoms in total. The molecule has 1 saturated carbocycles. The third-order valence-corrected chi connectivity index (χ3v) is 6.31. The van der Waals surface area contributed by atoms with Gasteiger partial charge in [-0.1, -0.05) is 36.2 Å². The molecule has 0 radical (unpaired) electrons. The summed E-state index contributed by atoms with van der Waals surface area (Å²) in [6.07, 6.45) is 3.80. The molecule has 31 heavy (non-hydrogen) atoms. The monoisotopic (exact) mass is 414 g/mol. The van der Waals surface area contributed by atoms with E-state index < -0.39 is 0 Å². The highest BCUT2D eigenvalue weighted by atomic mass is 16.3. The normalized spacial score (nSPS) is 15.8. The SMILES string of the molecule is Cc1cccc(C(=O)N2CCc3oc(-c4cccc(NC(=O)C5CCC5)c4)cc3C2)c1. The van der Waals surface area contributed by atoms with Crippen LogP contribution < -0.4 is 5.32 Å². The molecule has 3 aromatic rings. The van der Waals surface area contributed by atoms with Crippen molar-refractivity contribution < 1.29 is 14.0 Å². The first kappa shape index (κ1) is 19.6. The lowest BCUT2D eigenvalue weighted by molar-refractivity contribution is -0.122. The van der Waals surface area contributed by atoms with E-state index in [4.69, 9.17) is 4.42 Å². The molecule has 1 N–H and O–H groups in total. The van der Waals surface area contributed by atoms with Crippen LogP contribution in [0.25, 0.3) is 11.3 Å². The number of aryl methyl sites for hydroxylation is 1. The van der Waals surface area contributed by atoms with Gasteiger partial charge >= 0.3 is 0 Å². The molecule has 2 amide bonds. The Morgan fingerprint density at radius 2 is 1.90 bits per heavy atom. The molecule has 0 atom stereocenters. The van der Waals surface area contributed by atoms with Gasteiger partial charge in [-0.25, -0.2) is 0 Å². The number of benzene rings is 2. The van der Waals surface area contributed by atoms with Crippen LogP contribution in [-0.2, 0) is 17.8 Å². The van der Waals surface area contributed by atoms with Crippen LogP contribution in [0.5, 0.6) is 0 Å². The molecule has 0 bridgehead atoms. The lowest BCUT2D eigenvalue weighted by Gasteiger charge is -2.26. The first-order valence-electron chi connectivity index (χ1n) is 11.0. The highest BCUT2D eigenvalue weighted by Crippen LogP contribution is 2.32. The van der Waals surface area contributed by atoms with Crippen molar-refractivity contribution in [1.29, 1.82) is 0 Å². The van der Waals surface area contributed by atoms with E-state index in [0.29, 0.717) is 19.5 Å². The van der Waals surface area contributed by atoms with E-state index in [0.717, 1.165) is 58.7 Å². The van der Waals surface area contributed by atoms with Gasteiger partial charge in [0, 0.05) is 47.8 Å². The highest BCUT2D eigenvalue weighted by Gasteiger charge is 2.26. The number of amides is 2. The molecular weight excluding hydrogens is 388 g/mol. The molecule has 5 rings (SSSR count). The maximum Gasteiger partial charge on any atom is 0.254 e. The Morgan fingerprint density at radius 3 is 2.68 bits per heavy atom. The molecule has 1 aromatic heterocycles. The predicted molar refractivity (Wildman–Crippen MR) is 120 cm³/mol. The van der Waals surface area contributed by atoms with E-state index in [-0.39, 0.29) is 17.7 Å². The summed E-state index contributed by atoms with van der Waals surface area (Å²) in [7, 11) is 0. The molecule has 158 valence electrons. The number of hydrogen-bond acceptors (Lipinski definition) is 3. The molecule has 0 unspecified atom stereocenters. The average Bonchev–Trinajstić information content (AvgIpc) is 3.15. The minimum atomic E-state index is 0.0535. The maximum absolute atomic E-state index is 12.9. The lowest BCUT2D eigenvalue weighted by Crippen LogP contribution is -2.35. The predicted octanol–water partition coefficient (Wildman–Crippen LogP) is 5.19. The zero-order valence-corrected chi connectivity index (χ0v) is 17.7. The van der Waals surface area contributed by atoms with Crippen LogP contribution in [0.1, 0.15) is 46.5 Å². The number of fused-ring (bicyclic) bond motifs is 1. The first-order valence-corrected chi connectivity index (χ1v) is 11.0. The van der Waals surface area contributed by atoms with E-state index in [1.165, 1.54) is 0 Å². The van der Waals surface area contributed by atoms with Crippen molar-refractivity contribution in [2.45, 2.75) is 39.2 Å². The van der Waals surface area contributed by atoms with Crippen molar-refractivity contribution in [3.63, 3.8) is 0 Å². The van der Waals surface area contributed by atoms with Gasteiger partial charge in [0.15, 0.2) is 0 Å². The molecule has 2 aromatic carbocycles. The fraction of sp³-hybridized carbons (Fsp3) is 0.308. The molecule has 0 saturated heterocycles. The van der Waals surface area contributed by atoms with Crippen molar-refractivity contribution >= 4 is 17.5 Å². The number of nitrogens with one attached hydrogen (secondary N) is 1. The Labute approximate surface area is 182 Å². The summed E-state index contributed by atoms with van der Waals surface area (Å²) >= 11 is 0. The van der Waals surface area contributed by atoms with Crippen molar-refractivity contribution in [2.24, 2.45) is 5.92 Å². The third kappa shape index (κ3) is 4.00. The molecule has 1 aliphatic heterocycles. The summed E-state index contributed by atoms with van der Waals surface area (Å²) < 4.78 is 6.13. The second kappa shape index (κ2) is 8.06. The second-order valence-corrected chi connectivity index (χ2v) is 8.60. The topological polar surface area (TPSA) is 62.6 Å². The number of anilines is 1. The molecular formula is C26H26N2O3. The number of rotatable bonds is 4. The van der Waals surface area contributed by atoms with Gasteiger partial charge in [-0.2, -0.15) is 0 Å². The van der Waals surface area contributed by atoms with Crippen LogP contribution >= 0.6 is 0 Å². The molecule has 0 spiro atoms. The molecule has 1 aliphatic carbocycles. The van der Waals surface area contributed by atoms with Crippen LogP contribution in [0.3, 0.4) is 0 Å². The second-order valence-electron chi connectivity index (χ2n) is 8.60. The summed E-state index contributed by atoms with van der Waals surface area (Å²) in [6, 6.07) is 17.5. The zero-order valence-electron chi connectivity index (χ0n) is 17.7. The largest absolute Gasteiger partial charge is 0.461 e. The fourth-order valence-corrected chi connectivity index (χ4v) is 4.27. The smallest absolute Gasteiger partial charge is 0.254 e. The van der Waals surface area contributed by atoms with Crippen molar-refractivity contribution in [2.75, 3.05) is 11.9 Å². The van der Waals surface area contributed by atoms with Gasteiger partial charge in [0.05, 0.1) is 0 Å². The summed E-state index contributed by atoms with van der Waals surface area (Å²) in [5, 5.41) is 3.03. The zero-order chi connectivity index (χ0) is 21.4. The maximum atomic E-state index is 12.9. The first-order chi connectivity index (χ1) is 15.1. The van der Waals surface area contributed by atoms with E-state index >= 15 is 0 Å². The van der Waals surface area contributed by atoms with Gasteiger partial charge in [0.1, 0.15) is 11.5 Å². The van der Waals surface area contributed by atoms with E-state index in [2.05, 4.69) is 5.32 Å². The van der Waals surface area contributed by atoms with Crippen LogP contribution in [-0.4, -0.2) is 23.3 Å². The Bertz CT molecular complexity index is 1140. The number of carbonyl (C=O) groups is 2. The van der Waals surface area contributed by atoms with Crippen LogP contribution in [0.15, 0.2) is 59.0 Å². The van der Waals surface area contributed by atoms with Gasteiger partial charge in [-0.15, -0.1) is 0 Å². The summed E-state index contributed by atoms with van der Waals surface area (Å²) in [4.78, 5) is 27.1. The number of carbonyl (C=O) groups excluding carboxylic acids is 2. The van der Waals surface area contributed by atoms with Crippen LogP contribution in [0.4, 0.5) is 5.69 Å². The van der Waals surface area contributed by atoms with Crippen molar-refractivity contribution in [3.05, 3.63) is 77.0 Å². The third-order valence-electron chi connectivity index (χ3n) is 6.31. The Hall–Kier alpha value is -3.34. The van der Waals surface area contributed by atoms with Gasteiger partial charge in [-0.3, -0.25) is 9.59 Å². The summed E-state index contributed by atoms with van der Waals surface area (Å²) in [5.41, 5.74) is 4.57. The van der Waals surface area contributed by atoms with Crippen LogP contribution in [0.2, 0.25) is 0 Å². The summed E-state index contributed by atoms with van der Waals surface area (Å²) in [5.74, 6) is 2.02. The molecule has 5 heteroatoms. The Kier molecular flexibility index (Phi) is 5.10. The van der Waals surface area contributed by atoms with E-state index in [1.54, 1.807) is 0 Å². The van der Waals surface area contributed by atoms with E-state index in [1.807, 2.05) is 66.4 Å². The Morgan fingerprint density at radius 1 is 1.06 bits per heavy atom. The molecule has 2 aliphatic rings. The Balaban J connectivity index is 1.32. The molecule has 1 fully saturated rings. The highest BCUT2D eigenvalue weighted by molar-refractivity contribution is 5.95. The fourth-order valence-electron chi connectivity index (χ4n) is 4.27. The standard InChI is InChI=1S/C26H26N2O3/c1-17-5-2-9-20(13-17)26(30)28-12-11-23-21(16-28)15-24(31-23)19-8-4-10-22(14-19)27-25(29)18-6-3-7-18/h2,4-5,8-10,13-15,18H,3,6-7,11-12,16H2,1H3,(H,27,29). The minimum absolute atomic E-state index is 0.0535. The minimum Gasteiger partial charge on any atom is -0.461 e. The van der Waals surface area contributed by atoms with Gasteiger partial charge in [0.2, 0.25) is 5.91 Å². The lowest BCUT2D eigenvalue weighted by atomic mass is 9.85. The number of furan rings is 1. The van der Waals surface area contributed by atoms with Gasteiger partial charge in [-0.05, 0) is 50.1 Å². The van der Waals surface area contributed by atoms with Crippen LogP contribution in [0, 0.1) is 12.8 Å². The van der Waals surface area contributed by atoms with E-state index in [9.17, 15) is 9.59 Å². The molecule has 2 heterocycles. The van der Waals surface area contributed by atoms with Crippen molar-refractivity contribution in [1.82, 2.24) is 4.90 Å². The number of nitrogens with zero attached hydrogens (tertiary/aromatic N) is 1. The quantitative estimate of drug-likeness (QED) is 0.639. The summed E-state index contributed by atoms with van der Waals surface area (Å²) in [6.45, 7) is 3.18. The van der Waals surface area contributed by atoms with Crippen molar-refractivity contribution in [3.8, 4) is 11.3 Å².